The molecular weight excluding hydrogens is 364 g/mol. The summed E-state index contributed by atoms with van der Waals surface area (Å²) in [7, 11) is 1.57. The number of benzene rings is 2. The van der Waals surface area contributed by atoms with Gasteiger partial charge in [-0.1, -0.05) is 12.1 Å². The molecule has 7 heteroatoms. The maximum absolute atomic E-state index is 12.0. The number of hydrazone groups is 1. The van der Waals surface area contributed by atoms with E-state index in [0.29, 0.717) is 23.7 Å². The predicted molar refractivity (Wildman–Crippen MR) is 105 cm³/mol. The van der Waals surface area contributed by atoms with Crippen molar-refractivity contribution in [2.75, 3.05) is 7.11 Å². The van der Waals surface area contributed by atoms with Crippen LogP contribution in [0.2, 0.25) is 0 Å². The Balaban J connectivity index is 1.62. The number of hydrogen-bond donors (Lipinski definition) is 2. The number of rotatable bonds is 7. The number of phenols is 1. The lowest BCUT2D eigenvalue weighted by Crippen LogP contribution is -2.17. The maximum atomic E-state index is 12.0. The first-order valence-corrected chi connectivity index (χ1v) is 8.99. The lowest BCUT2D eigenvalue weighted by molar-refractivity contribution is 0.0954. The molecule has 0 saturated heterocycles. The largest absolute Gasteiger partial charge is 0.508 e. The summed E-state index contributed by atoms with van der Waals surface area (Å²) < 4.78 is 11.2. The normalized spacial score (nSPS) is 10.7. The molecule has 0 aliphatic heterocycles. The highest BCUT2D eigenvalue weighted by Crippen LogP contribution is 2.28. The molecular formula is C20H18N2O4S. The van der Waals surface area contributed by atoms with E-state index in [1.807, 2.05) is 23.6 Å². The van der Waals surface area contributed by atoms with Gasteiger partial charge in [0.05, 0.1) is 13.3 Å². The van der Waals surface area contributed by atoms with Crippen molar-refractivity contribution in [3.05, 3.63) is 76.0 Å². The Morgan fingerprint density at radius 3 is 2.81 bits per heavy atom. The minimum absolute atomic E-state index is 0.0227. The summed E-state index contributed by atoms with van der Waals surface area (Å²) in [5.41, 5.74) is 3.48. The van der Waals surface area contributed by atoms with E-state index in [4.69, 9.17) is 9.47 Å². The van der Waals surface area contributed by atoms with Gasteiger partial charge in [-0.05, 0) is 53.4 Å². The summed E-state index contributed by atoms with van der Waals surface area (Å²) in [5.74, 6) is 0.821. The second-order valence-electron chi connectivity index (χ2n) is 5.53. The van der Waals surface area contributed by atoms with E-state index in [9.17, 15) is 9.90 Å². The van der Waals surface area contributed by atoms with E-state index < -0.39 is 5.91 Å². The van der Waals surface area contributed by atoms with Crippen LogP contribution in [0, 0.1) is 0 Å². The third kappa shape index (κ3) is 5.08. The molecule has 3 rings (SSSR count). The molecule has 0 saturated carbocycles. The van der Waals surface area contributed by atoms with Crippen molar-refractivity contribution in [3.8, 4) is 17.2 Å². The van der Waals surface area contributed by atoms with Gasteiger partial charge < -0.3 is 14.6 Å². The Morgan fingerprint density at radius 1 is 1.19 bits per heavy atom. The monoisotopic (exact) mass is 382 g/mol. The van der Waals surface area contributed by atoms with Crippen LogP contribution in [0.1, 0.15) is 20.8 Å². The fourth-order valence-corrected chi connectivity index (χ4v) is 2.92. The zero-order valence-corrected chi connectivity index (χ0v) is 15.4. The van der Waals surface area contributed by atoms with Gasteiger partial charge in [-0.2, -0.15) is 5.10 Å². The van der Waals surface area contributed by atoms with Gasteiger partial charge in [0.1, 0.15) is 12.4 Å². The van der Waals surface area contributed by atoms with Crippen LogP contribution in [0.25, 0.3) is 0 Å². The number of ether oxygens (including phenoxy) is 2. The van der Waals surface area contributed by atoms with Crippen LogP contribution in [0.4, 0.5) is 0 Å². The topological polar surface area (TPSA) is 80.2 Å². The van der Waals surface area contributed by atoms with E-state index in [-0.39, 0.29) is 5.75 Å². The van der Waals surface area contributed by atoms with Crippen molar-refractivity contribution in [2.45, 2.75) is 6.61 Å². The zero-order valence-electron chi connectivity index (χ0n) is 14.6. The smallest absolute Gasteiger partial charge is 0.271 e. The number of aromatic hydroxyl groups is 1. The van der Waals surface area contributed by atoms with Crippen molar-refractivity contribution >= 4 is 23.5 Å². The van der Waals surface area contributed by atoms with E-state index in [1.54, 1.807) is 42.7 Å². The molecule has 0 radical (unpaired) electrons. The summed E-state index contributed by atoms with van der Waals surface area (Å²) in [4.78, 5) is 13.1. The van der Waals surface area contributed by atoms with Gasteiger partial charge in [-0.25, -0.2) is 5.43 Å². The van der Waals surface area contributed by atoms with Crippen LogP contribution < -0.4 is 14.9 Å². The molecule has 1 amide bonds. The van der Waals surface area contributed by atoms with Crippen molar-refractivity contribution in [1.29, 1.82) is 0 Å². The van der Waals surface area contributed by atoms with Crippen LogP contribution in [-0.2, 0) is 6.61 Å². The first kappa shape index (κ1) is 18.5. The molecule has 3 aromatic rings. The molecule has 0 atom stereocenters. The summed E-state index contributed by atoms with van der Waals surface area (Å²) in [6.45, 7) is 0.474. The lowest BCUT2D eigenvalue weighted by Gasteiger charge is -2.10. The third-order valence-corrected chi connectivity index (χ3v) is 4.48. The van der Waals surface area contributed by atoms with Crippen LogP contribution in [0.3, 0.4) is 0 Å². The van der Waals surface area contributed by atoms with Gasteiger partial charge in [0.15, 0.2) is 11.5 Å². The molecule has 1 heterocycles. The Morgan fingerprint density at radius 2 is 2.07 bits per heavy atom. The molecule has 0 aliphatic rings. The fraction of sp³-hybridized carbons (Fsp3) is 0.100. The standard InChI is InChI=1S/C20H18N2O4S/c1-25-19-10-14(7-8-18(19)26-13-17-6-3-9-27-17)12-21-22-20(24)15-4-2-5-16(23)11-15/h2-12,23H,13H2,1H3,(H,22,24)/b21-12-. The molecule has 138 valence electrons. The van der Waals surface area contributed by atoms with Crippen LogP contribution >= 0.6 is 11.3 Å². The average Bonchev–Trinajstić information content (AvgIpc) is 3.20. The van der Waals surface area contributed by atoms with E-state index >= 15 is 0 Å². The molecule has 27 heavy (non-hydrogen) atoms. The number of carbonyl (C=O) groups is 1. The van der Waals surface area contributed by atoms with E-state index in [1.165, 1.54) is 18.3 Å². The van der Waals surface area contributed by atoms with E-state index in [2.05, 4.69) is 10.5 Å². The van der Waals surface area contributed by atoms with E-state index in [0.717, 1.165) is 10.4 Å². The summed E-state index contributed by atoms with van der Waals surface area (Å²) in [5, 5.41) is 15.3. The van der Waals surface area contributed by atoms with Crippen molar-refractivity contribution < 1.29 is 19.4 Å². The number of nitrogens with zero attached hydrogens (tertiary/aromatic N) is 1. The number of amides is 1. The highest BCUT2D eigenvalue weighted by Gasteiger charge is 2.07. The summed E-state index contributed by atoms with van der Waals surface area (Å²) in [6, 6.07) is 15.4. The summed E-state index contributed by atoms with van der Waals surface area (Å²) in [6.07, 6.45) is 1.51. The molecule has 0 aliphatic carbocycles. The Bertz CT molecular complexity index is 939. The Kier molecular flexibility index (Phi) is 6.06. The van der Waals surface area contributed by atoms with Crippen molar-refractivity contribution in [2.24, 2.45) is 5.10 Å². The van der Waals surface area contributed by atoms with Crippen LogP contribution in [0.15, 0.2) is 65.1 Å². The van der Waals surface area contributed by atoms with Gasteiger partial charge in [-0.3, -0.25) is 4.79 Å². The van der Waals surface area contributed by atoms with Gasteiger partial charge >= 0.3 is 0 Å². The Labute approximate surface area is 160 Å². The first-order valence-electron chi connectivity index (χ1n) is 8.11. The molecule has 1 aromatic heterocycles. The van der Waals surface area contributed by atoms with Gasteiger partial charge in [0.25, 0.3) is 5.91 Å². The first-order chi connectivity index (χ1) is 13.2. The molecule has 2 aromatic carbocycles. The number of carbonyl (C=O) groups excluding carboxylic acids is 1. The highest BCUT2D eigenvalue weighted by molar-refractivity contribution is 7.09. The number of nitrogens with one attached hydrogen (secondary N) is 1. The number of hydrogen-bond acceptors (Lipinski definition) is 6. The number of thiophene rings is 1. The van der Waals surface area contributed by atoms with Gasteiger partial charge in [0.2, 0.25) is 0 Å². The fourth-order valence-electron chi connectivity index (χ4n) is 2.30. The second kappa shape index (κ2) is 8.86. The summed E-state index contributed by atoms with van der Waals surface area (Å²) >= 11 is 1.63. The van der Waals surface area contributed by atoms with Crippen molar-refractivity contribution in [3.63, 3.8) is 0 Å². The molecule has 0 bridgehead atoms. The lowest BCUT2D eigenvalue weighted by atomic mass is 10.2. The average molecular weight is 382 g/mol. The highest BCUT2D eigenvalue weighted by atomic mass is 32.1. The predicted octanol–water partition coefficient (Wildman–Crippen LogP) is 3.81. The van der Waals surface area contributed by atoms with Crippen molar-refractivity contribution in [1.82, 2.24) is 5.43 Å². The molecule has 6 nitrogen and oxygen atoms in total. The Hall–Kier alpha value is -3.32. The van der Waals surface area contributed by atoms with Crippen LogP contribution in [0.5, 0.6) is 17.2 Å². The molecule has 0 fully saturated rings. The molecule has 2 N–H and O–H groups in total. The van der Waals surface area contributed by atoms with Gasteiger partial charge in [-0.15, -0.1) is 11.3 Å². The van der Waals surface area contributed by atoms with Gasteiger partial charge in [0, 0.05) is 10.4 Å². The number of phenolic OH excluding ortho intramolecular Hbond substituents is 1. The maximum Gasteiger partial charge on any atom is 0.271 e. The SMILES string of the molecule is COc1cc(/C=N\NC(=O)c2cccc(O)c2)ccc1OCc1cccs1. The molecule has 0 unspecified atom stereocenters. The van der Waals surface area contributed by atoms with Crippen LogP contribution in [-0.4, -0.2) is 24.3 Å². The minimum atomic E-state index is -0.412. The third-order valence-electron chi connectivity index (χ3n) is 3.63. The molecule has 0 spiro atoms. The second-order valence-corrected chi connectivity index (χ2v) is 6.56. The number of methoxy groups -OCH3 is 1. The minimum Gasteiger partial charge on any atom is -0.508 e. The quantitative estimate of drug-likeness (QED) is 0.481. The zero-order chi connectivity index (χ0) is 19.1.